The monoisotopic (exact) mass is 254 g/mol. The molecule has 0 atom stereocenters. The highest BCUT2D eigenvalue weighted by Gasteiger charge is 2.01. The standard InChI is InChI=1S/C12H14N2S.ClH/c1-9-14-12(8-15-9)11-4-2-10(3-5-11)6-7-13;/h2-5,8H,6-7,13H2,1H3;1H. The number of hydrogen-bond acceptors (Lipinski definition) is 3. The number of rotatable bonds is 3. The van der Waals surface area contributed by atoms with Crippen molar-refractivity contribution >= 4 is 23.7 Å². The molecule has 2 nitrogen and oxygen atoms in total. The van der Waals surface area contributed by atoms with Crippen LogP contribution in [-0.4, -0.2) is 11.5 Å². The maximum atomic E-state index is 5.50. The summed E-state index contributed by atoms with van der Waals surface area (Å²) in [5.41, 5.74) is 9.03. The summed E-state index contributed by atoms with van der Waals surface area (Å²) in [4.78, 5) is 4.45. The van der Waals surface area contributed by atoms with Crippen molar-refractivity contribution in [2.75, 3.05) is 6.54 Å². The summed E-state index contributed by atoms with van der Waals surface area (Å²) in [6.07, 6.45) is 0.941. The normalized spacial score (nSPS) is 9.88. The fourth-order valence-electron chi connectivity index (χ4n) is 1.50. The van der Waals surface area contributed by atoms with Crippen LogP contribution in [0.4, 0.5) is 0 Å². The molecule has 4 heteroatoms. The van der Waals surface area contributed by atoms with Crippen molar-refractivity contribution in [3.63, 3.8) is 0 Å². The molecule has 0 amide bonds. The highest BCUT2D eigenvalue weighted by molar-refractivity contribution is 7.09. The van der Waals surface area contributed by atoms with Crippen LogP contribution in [0.5, 0.6) is 0 Å². The van der Waals surface area contributed by atoms with Gasteiger partial charge in [0, 0.05) is 10.9 Å². The molecule has 0 spiro atoms. The zero-order chi connectivity index (χ0) is 10.7. The van der Waals surface area contributed by atoms with Gasteiger partial charge < -0.3 is 5.73 Å². The molecule has 2 aromatic rings. The van der Waals surface area contributed by atoms with Gasteiger partial charge in [-0.3, -0.25) is 0 Å². The first-order valence-electron chi connectivity index (χ1n) is 5.01. The van der Waals surface area contributed by atoms with Gasteiger partial charge >= 0.3 is 0 Å². The Morgan fingerprint density at radius 1 is 1.25 bits per heavy atom. The number of aryl methyl sites for hydroxylation is 1. The average Bonchev–Trinajstić information content (AvgIpc) is 2.67. The predicted octanol–water partition coefficient (Wildman–Crippen LogP) is 3.04. The van der Waals surface area contributed by atoms with E-state index in [0.29, 0.717) is 6.54 Å². The van der Waals surface area contributed by atoms with Crippen molar-refractivity contribution in [3.8, 4) is 11.3 Å². The molecule has 1 aromatic carbocycles. The lowest BCUT2D eigenvalue weighted by Crippen LogP contribution is -2.02. The van der Waals surface area contributed by atoms with E-state index >= 15 is 0 Å². The van der Waals surface area contributed by atoms with E-state index in [2.05, 4.69) is 34.6 Å². The van der Waals surface area contributed by atoms with Gasteiger partial charge in [-0.25, -0.2) is 4.98 Å². The van der Waals surface area contributed by atoms with E-state index in [9.17, 15) is 0 Å². The van der Waals surface area contributed by atoms with Crippen LogP contribution in [0.1, 0.15) is 10.6 Å². The molecule has 0 saturated carbocycles. The van der Waals surface area contributed by atoms with Gasteiger partial charge in [0.15, 0.2) is 0 Å². The zero-order valence-corrected chi connectivity index (χ0v) is 10.8. The summed E-state index contributed by atoms with van der Waals surface area (Å²) >= 11 is 1.68. The second kappa shape index (κ2) is 5.99. The number of thiazole rings is 1. The fourth-order valence-corrected chi connectivity index (χ4v) is 2.13. The Labute approximate surface area is 106 Å². The van der Waals surface area contributed by atoms with Crippen LogP contribution < -0.4 is 5.73 Å². The molecule has 16 heavy (non-hydrogen) atoms. The number of benzene rings is 1. The summed E-state index contributed by atoms with van der Waals surface area (Å²) < 4.78 is 0. The lowest BCUT2D eigenvalue weighted by Gasteiger charge is -2.00. The van der Waals surface area contributed by atoms with Gasteiger partial charge in [-0.05, 0) is 25.5 Å². The van der Waals surface area contributed by atoms with Crippen molar-refractivity contribution in [3.05, 3.63) is 40.2 Å². The smallest absolute Gasteiger partial charge is 0.0901 e. The van der Waals surface area contributed by atoms with E-state index in [-0.39, 0.29) is 12.4 Å². The van der Waals surface area contributed by atoms with Crippen LogP contribution in [0.25, 0.3) is 11.3 Å². The second-order valence-electron chi connectivity index (χ2n) is 3.49. The van der Waals surface area contributed by atoms with Gasteiger partial charge in [0.05, 0.1) is 10.7 Å². The third-order valence-corrected chi connectivity index (χ3v) is 3.08. The van der Waals surface area contributed by atoms with Crippen LogP contribution in [0.15, 0.2) is 29.6 Å². The number of halogens is 1. The van der Waals surface area contributed by atoms with E-state index in [4.69, 9.17) is 5.73 Å². The number of hydrogen-bond donors (Lipinski definition) is 1. The summed E-state index contributed by atoms with van der Waals surface area (Å²) in [6.45, 7) is 2.73. The summed E-state index contributed by atoms with van der Waals surface area (Å²) in [7, 11) is 0. The van der Waals surface area contributed by atoms with Gasteiger partial charge in [-0.2, -0.15) is 0 Å². The van der Waals surface area contributed by atoms with E-state index in [1.807, 2.05) is 6.92 Å². The fraction of sp³-hybridized carbons (Fsp3) is 0.250. The van der Waals surface area contributed by atoms with Crippen LogP contribution in [0, 0.1) is 6.92 Å². The number of aromatic nitrogens is 1. The Balaban J connectivity index is 0.00000128. The Bertz CT molecular complexity index is 437. The number of nitrogens with zero attached hydrogens (tertiary/aromatic N) is 1. The third kappa shape index (κ3) is 3.04. The lowest BCUT2D eigenvalue weighted by atomic mass is 10.1. The van der Waals surface area contributed by atoms with E-state index in [0.717, 1.165) is 17.1 Å². The zero-order valence-electron chi connectivity index (χ0n) is 9.14. The SMILES string of the molecule is Cc1nc(-c2ccc(CCN)cc2)cs1.Cl. The minimum absolute atomic E-state index is 0. The maximum Gasteiger partial charge on any atom is 0.0901 e. The summed E-state index contributed by atoms with van der Waals surface area (Å²) in [5.74, 6) is 0. The topological polar surface area (TPSA) is 38.9 Å². The summed E-state index contributed by atoms with van der Waals surface area (Å²) in [5, 5.41) is 3.20. The van der Waals surface area contributed by atoms with Gasteiger partial charge in [0.25, 0.3) is 0 Å². The molecule has 0 radical (unpaired) electrons. The molecule has 0 unspecified atom stereocenters. The molecule has 2 rings (SSSR count). The lowest BCUT2D eigenvalue weighted by molar-refractivity contribution is 0.969. The minimum Gasteiger partial charge on any atom is -0.330 e. The van der Waals surface area contributed by atoms with Crippen LogP contribution >= 0.6 is 23.7 Å². The molecule has 0 bridgehead atoms. The van der Waals surface area contributed by atoms with Crippen molar-refractivity contribution in [1.82, 2.24) is 4.98 Å². The predicted molar refractivity (Wildman–Crippen MR) is 72.3 cm³/mol. The number of nitrogens with two attached hydrogens (primary N) is 1. The Morgan fingerprint density at radius 3 is 2.44 bits per heavy atom. The van der Waals surface area contributed by atoms with Gasteiger partial charge in [0.1, 0.15) is 0 Å². The quantitative estimate of drug-likeness (QED) is 0.915. The third-order valence-electron chi connectivity index (χ3n) is 2.30. The van der Waals surface area contributed by atoms with E-state index < -0.39 is 0 Å². The Hall–Kier alpha value is -0.900. The maximum absolute atomic E-state index is 5.50. The van der Waals surface area contributed by atoms with Gasteiger partial charge in [-0.1, -0.05) is 24.3 Å². The van der Waals surface area contributed by atoms with E-state index in [1.165, 1.54) is 11.1 Å². The van der Waals surface area contributed by atoms with Crippen molar-refractivity contribution < 1.29 is 0 Å². The molecule has 86 valence electrons. The summed E-state index contributed by atoms with van der Waals surface area (Å²) in [6, 6.07) is 8.46. The molecule has 2 N–H and O–H groups in total. The molecule has 0 saturated heterocycles. The van der Waals surface area contributed by atoms with Gasteiger partial charge in [0.2, 0.25) is 0 Å². The van der Waals surface area contributed by atoms with E-state index in [1.54, 1.807) is 11.3 Å². The van der Waals surface area contributed by atoms with Crippen LogP contribution in [0.2, 0.25) is 0 Å². The molecule has 0 fully saturated rings. The largest absolute Gasteiger partial charge is 0.330 e. The first kappa shape index (κ1) is 13.2. The molecule has 0 aliphatic heterocycles. The Morgan fingerprint density at radius 2 is 1.94 bits per heavy atom. The van der Waals surface area contributed by atoms with Gasteiger partial charge in [-0.15, -0.1) is 23.7 Å². The Kier molecular flexibility index (Phi) is 4.93. The van der Waals surface area contributed by atoms with Crippen LogP contribution in [0.3, 0.4) is 0 Å². The second-order valence-corrected chi connectivity index (χ2v) is 4.55. The molecular formula is C12H15ClN2S. The molecule has 1 aromatic heterocycles. The molecular weight excluding hydrogens is 240 g/mol. The first-order chi connectivity index (χ1) is 7.29. The molecule has 1 heterocycles. The van der Waals surface area contributed by atoms with Crippen molar-refractivity contribution in [2.24, 2.45) is 5.73 Å². The van der Waals surface area contributed by atoms with Crippen molar-refractivity contribution in [1.29, 1.82) is 0 Å². The minimum atomic E-state index is 0. The first-order valence-corrected chi connectivity index (χ1v) is 5.89. The average molecular weight is 255 g/mol. The highest BCUT2D eigenvalue weighted by atomic mass is 35.5. The van der Waals surface area contributed by atoms with Crippen LogP contribution in [-0.2, 0) is 6.42 Å². The molecule has 0 aliphatic carbocycles. The highest BCUT2D eigenvalue weighted by Crippen LogP contribution is 2.21. The molecule has 0 aliphatic rings. The van der Waals surface area contributed by atoms with Crippen molar-refractivity contribution in [2.45, 2.75) is 13.3 Å².